The van der Waals surface area contributed by atoms with Crippen LogP contribution in [-0.2, 0) is 19.1 Å². The minimum atomic E-state index is -0.885. The first-order valence-corrected chi connectivity index (χ1v) is 5.85. The Kier molecular flexibility index (Phi) is 5.67. The van der Waals surface area contributed by atoms with Gasteiger partial charge >= 0.3 is 11.9 Å². The Bertz CT molecular complexity index is 614. The number of esters is 2. The highest BCUT2D eigenvalue weighted by atomic mass is 35.5. The number of anilines is 1. The summed E-state index contributed by atoms with van der Waals surface area (Å²) in [7, 11) is 2.23. The predicted octanol–water partition coefficient (Wildman–Crippen LogP) is 1.89. The number of hydrogen-bond donors (Lipinski definition) is 1. The fourth-order valence-corrected chi connectivity index (χ4v) is 1.51. The molecule has 21 heavy (non-hydrogen) atoms. The van der Waals surface area contributed by atoms with Gasteiger partial charge in [0.15, 0.2) is 0 Å². The summed E-state index contributed by atoms with van der Waals surface area (Å²) in [5.41, 5.74) is -0.693. The molecule has 0 amide bonds. The lowest BCUT2D eigenvalue weighted by Crippen LogP contribution is -2.16. The highest BCUT2D eigenvalue weighted by Crippen LogP contribution is 2.28. The van der Waals surface area contributed by atoms with Gasteiger partial charge in [-0.25, -0.2) is 9.59 Å². The third-order valence-electron chi connectivity index (χ3n) is 2.29. The monoisotopic (exact) mass is 314 g/mol. The van der Waals surface area contributed by atoms with Crippen molar-refractivity contribution < 1.29 is 24.0 Å². The summed E-state index contributed by atoms with van der Waals surface area (Å²) in [4.78, 5) is 33.0. The first-order valence-electron chi connectivity index (χ1n) is 5.48. The Labute approximate surface area is 124 Å². The van der Waals surface area contributed by atoms with Crippen molar-refractivity contribution in [3.8, 4) is 0 Å². The number of ether oxygens (including phenoxy) is 2. The number of carbonyl (C=O) groups excluding carboxylic acids is 2. The first-order chi connectivity index (χ1) is 9.88. The number of benzene rings is 1. The number of nitrogens with one attached hydrogen (secondary N) is 1. The molecule has 8 nitrogen and oxygen atoms in total. The largest absolute Gasteiger partial charge is 0.466 e. The highest BCUT2D eigenvalue weighted by molar-refractivity contribution is 6.31. The number of nitro benzene ring substituents is 1. The van der Waals surface area contributed by atoms with Crippen molar-refractivity contribution in [2.24, 2.45) is 0 Å². The fraction of sp³-hybridized carbons (Fsp3) is 0.167. The third-order valence-corrected chi connectivity index (χ3v) is 2.53. The summed E-state index contributed by atoms with van der Waals surface area (Å²) in [5.74, 6) is -1.70. The number of carbonyl (C=O) groups is 2. The van der Waals surface area contributed by atoms with Gasteiger partial charge in [0.1, 0.15) is 11.4 Å². The second kappa shape index (κ2) is 7.25. The van der Waals surface area contributed by atoms with E-state index in [2.05, 4.69) is 14.8 Å². The average molecular weight is 315 g/mol. The number of hydrogen-bond acceptors (Lipinski definition) is 7. The molecule has 0 aliphatic carbocycles. The number of nitro groups is 1. The van der Waals surface area contributed by atoms with Crippen LogP contribution in [0, 0.1) is 10.1 Å². The number of nitrogens with zero attached hydrogens (tertiary/aromatic N) is 1. The van der Waals surface area contributed by atoms with E-state index in [0.717, 1.165) is 26.4 Å². The standard InChI is InChI=1S/C12H11ClN2O6/c1-20-11(16)6-9(12(17)21-2)14-8-4-3-7(13)5-10(8)15(18)19/h3-6,14H,1-2H3/b9-6+. The van der Waals surface area contributed by atoms with Crippen LogP contribution in [0.3, 0.4) is 0 Å². The van der Waals surface area contributed by atoms with Gasteiger partial charge in [-0.3, -0.25) is 10.1 Å². The van der Waals surface area contributed by atoms with Crippen LogP contribution in [0.2, 0.25) is 5.02 Å². The average Bonchev–Trinajstić information content (AvgIpc) is 2.46. The van der Waals surface area contributed by atoms with Crippen molar-refractivity contribution in [3.05, 3.63) is 45.1 Å². The lowest BCUT2D eigenvalue weighted by Gasteiger charge is -2.09. The maximum atomic E-state index is 11.6. The topological polar surface area (TPSA) is 108 Å². The second-order valence-corrected chi connectivity index (χ2v) is 4.05. The van der Waals surface area contributed by atoms with Crippen LogP contribution in [0.1, 0.15) is 0 Å². The molecule has 0 saturated heterocycles. The normalized spacial score (nSPS) is 10.7. The summed E-state index contributed by atoms with van der Waals surface area (Å²) in [6.07, 6.45) is 0.824. The van der Waals surface area contributed by atoms with E-state index in [1.54, 1.807) is 0 Å². The van der Waals surface area contributed by atoms with Crippen LogP contribution in [0.15, 0.2) is 30.0 Å². The molecule has 0 radical (unpaired) electrons. The van der Waals surface area contributed by atoms with Crippen LogP contribution in [0.5, 0.6) is 0 Å². The van der Waals surface area contributed by atoms with E-state index < -0.39 is 16.9 Å². The molecule has 0 aliphatic heterocycles. The maximum Gasteiger partial charge on any atom is 0.354 e. The van der Waals surface area contributed by atoms with E-state index in [9.17, 15) is 19.7 Å². The molecular formula is C12H11ClN2O6. The zero-order chi connectivity index (χ0) is 16.0. The van der Waals surface area contributed by atoms with Gasteiger partial charge in [0.25, 0.3) is 5.69 Å². The smallest absolute Gasteiger partial charge is 0.354 e. The van der Waals surface area contributed by atoms with E-state index in [0.29, 0.717) is 0 Å². The molecule has 0 aliphatic rings. The van der Waals surface area contributed by atoms with E-state index in [-0.39, 0.29) is 22.1 Å². The molecule has 9 heteroatoms. The van der Waals surface area contributed by atoms with Crippen molar-refractivity contribution in [3.63, 3.8) is 0 Å². The molecule has 0 spiro atoms. The summed E-state index contributed by atoms with van der Waals surface area (Å²) in [6.45, 7) is 0. The maximum absolute atomic E-state index is 11.6. The van der Waals surface area contributed by atoms with Gasteiger partial charge in [-0.15, -0.1) is 0 Å². The number of methoxy groups -OCH3 is 2. The molecule has 0 atom stereocenters. The molecule has 0 unspecified atom stereocenters. The summed E-state index contributed by atoms with van der Waals surface area (Å²) >= 11 is 5.68. The molecule has 0 saturated carbocycles. The zero-order valence-electron chi connectivity index (χ0n) is 11.1. The van der Waals surface area contributed by atoms with Gasteiger partial charge < -0.3 is 14.8 Å². The Balaban J connectivity index is 3.21. The van der Waals surface area contributed by atoms with E-state index in [4.69, 9.17) is 11.6 Å². The van der Waals surface area contributed by atoms with E-state index >= 15 is 0 Å². The molecule has 1 N–H and O–H groups in total. The first kappa shape index (κ1) is 16.4. The Morgan fingerprint density at radius 3 is 2.52 bits per heavy atom. The van der Waals surface area contributed by atoms with Gasteiger partial charge in [0.05, 0.1) is 25.2 Å². The van der Waals surface area contributed by atoms with Crippen molar-refractivity contribution in [2.45, 2.75) is 0 Å². The molecule has 112 valence electrons. The summed E-state index contributed by atoms with van der Waals surface area (Å²) in [6, 6.07) is 3.80. The third kappa shape index (κ3) is 4.46. The minimum Gasteiger partial charge on any atom is -0.466 e. The Morgan fingerprint density at radius 2 is 2.00 bits per heavy atom. The van der Waals surface area contributed by atoms with Crippen molar-refractivity contribution >= 4 is 34.9 Å². The number of halogens is 1. The second-order valence-electron chi connectivity index (χ2n) is 3.62. The lowest BCUT2D eigenvalue weighted by atomic mass is 10.2. The van der Waals surface area contributed by atoms with Crippen molar-refractivity contribution in [2.75, 3.05) is 19.5 Å². The van der Waals surface area contributed by atoms with Gasteiger partial charge in [0, 0.05) is 11.1 Å². The van der Waals surface area contributed by atoms with Gasteiger partial charge in [-0.1, -0.05) is 11.6 Å². The predicted molar refractivity (Wildman–Crippen MR) is 73.8 cm³/mol. The quantitative estimate of drug-likeness (QED) is 0.382. The molecule has 0 fully saturated rings. The van der Waals surface area contributed by atoms with E-state index in [1.807, 2.05) is 0 Å². The molecule has 1 rings (SSSR count). The van der Waals surface area contributed by atoms with Crippen LogP contribution in [-0.4, -0.2) is 31.1 Å². The van der Waals surface area contributed by atoms with Gasteiger partial charge in [-0.05, 0) is 12.1 Å². The van der Waals surface area contributed by atoms with Gasteiger partial charge in [0.2, 0.25) is 0 Å². The molecule has 0 bridgehead atoms. The summed E-state index contributed by atoms with van der Waals surface area (Å²) in [5, 5.41) is 13.6. The van der Waals surface area contributed by atoms with E-state index in [1.165, 1.54) is 12.1 Å². The van der Waals surface area contributed by atoms with Crippen molar-refractivity contribution in [1.82, 2.24) is 0 Å². The fourth-order valence-electron chi connectivity index (χ4n) is 1.34. The zero-order valence-corrected chi connectivity index (χ0v) is 11.8. The van der Waals surface area contributed by atoms with Crippen LogP contribution >= 0.6 is 11.6 Å². The van der Waals surface area contributed by atoms with Crippen molar-refractivity contribution in [1.29, 1.82) is 0 Å². The molecule has 1 aromatic carbocycles. The Hall–Kier alpha value is -2.61. The minimum absolute atomic E-state index is 0.0232. The SMILES string of the molecule is COC(=O)/C=C(/Nc1ccc(Cl)cc1[N+](=O)[O-])C(=O)OC. The van der Waals surface area contributed by atoms with Gasteiger partial charge in [-0.2, -0.15) is 0 Å². The molecule has 1 aromatic rings. The highest BCUT2D eigenvalue weighted by Gasteiger charge is 2.19. The van der Waals surface area contributed by atoms with Crippen LogP contribution in [0.4, 0.5) is 11.4 Å². The molecule has 0 aromatic heterocycles. The lowest BCUT2D eigenvalue weighted by molar-refractivity contribution is -0.383. The summed E-state index contributed by atoms with van der Waals surface area (Å²) < 4.78 is 8.87. The molecule has 0 heterocycles. The van der Waals surface area contributed by atoms with Crippen LogP contribution in [0.25, 0.3) is 0 Å². The van der Waals surface area contributed by atoms with Crippen LogP contribution < -0.4 is 5.32 Å². The number of rotatable bonds is 5. The molecular weight excluding hydrogens is 304 g/mol. The Morgan fingerprint density at radius 1 is 1.33 bits per heavy atom.